The third-order valence-corrected chi connectivity index (χ3v) is 6.27. The van der Waals surface area contributed by atoms with Crippen LogP contribution in [0.5, 0.6) is 11.5 Å². The summed E-state index contributed by atoms with van der Waals surface area (Å²) in [6.07, 6.45) is 7.10. The van der Waals surface area contributed by atoms with Crippen LogP contribution in [0.4, 0.5) is 5.69 Å². The largest absolute Gasteiger partial charge is 0.486 e. The predicted molar refractivity (Wildman–Crippen MR) is 116 cm³/mol. The van der Waals surface area contributed by atoms with Gasteiger partial charge >= 0.3 is 0 Å². The number of pyridine rings is 1. The van der Waals surface area contributed by atoms with E-state index in [1.54, 1.807) is 12.1 Å². The van der Waals surface area contributed by atoms with Crippen LogP contribution in [0.1, 0.15) is 48.9 Å². The lowest BCUT2D eigenvalue weighted by Crippen LogP contribution is -2.16. The fourth-order valence-electron chi connectivity index (χ4n) is 3.74. The number of ether oxygens (including phenoxy) is 2. The van der Waals surface area contributed by atoms with Crippen LogP contribution in [0.2, 0.25) is 0 Å². The van der Waals surface area contributed by atoms with Gasteiger partial charge in [-0.25, -0.2) is 4.98 Å². The number of nitrogens with zero attached hydrogens (tertiary/aromatic N) is 2. The van der Waals surface area contributed by atoms with E-state index in [0.29, 0.717) is 48.1 Å². The first-order valence-electron chi connectivity index (χ1n) is 10.5. The van der Waals surface area contributed by atoms with Crippen LogP contribution in [-0.4, -0.2) is 29.9 Å². The zero-order valence-corrected chi connectivity index (χ0v) is 17.7. The molecule has 2 heterocycles. The van der Waals surface area contributed by atoms with Crippen molar-refractivity contribution in [2.24, 2.45) is 0 Å². The van der Waals surface area contributed by atoms with Crippen molar-refractivity contribution in [3.05, 3.63) is 41.1 Å². The molecular weight excluding hydrogens is 398 g/mol. The Labute approximate surface area is 181 Å². The second-order valence-corrected chi connectivity index (χ2v) is 8.56. The van der Waals surface area contributed by atoms with Crippen molar-refractivity contribution in [1.82, 2.24) is 4.98 Å². The quantitative estimate of drug-likeness (QED) is 0.713. The number of rotatable bonds is 5. The molecule has 0 saturated heterocycles. The van der Waals surface area contributed by atoms with Gasteiger partial charge in [-0.3, -0.25) is 4.79 Å². The number of carbonyl (C=O) groups is 1. The molecule has 0 spiro atoms. The summed E-state index contributed by atoms with van der Waals surface area (Å²) in [7, 11) is 0. The molecule has 6 nitrogen and oxygen atoms in total. The number of fused-ring (bicyclic) bond motifs is 2. The van der Waals surface area contributed by atoms with Gasteiger partial charge in [0.15, 0.2) is 11.5 Å². The van der Waals surface area contributed by atoms with Crippen LogP contribution in [0.15, 0.2) is 29.3 Å². The van der Waals surface area contributed by atoms with Crippen molar-refractivity contribution >= 4 is 23.4 Å². The molecule has 1 aliphatic heterocycles. The number of aryl methyl sites for hydroxylation is 2. The summed E-state index contributed by atoms with van der Waals surface area (Å²) >= 11 is 1.48. The number of amides is 1. The summed E-state index contributed by atoms with van der Waals surface area (Å²) < 4.78 is 11.1. The minimum absolute atomic E-state index is 0.0797. The Kier molecular flexibility index (Phi) is 6.75. The van der Waals surface area contributed by atoms with Gasteiger partial charge in [0, 0.05) is 29.6 Å². The zero-order valence-electron chi connectivity index (χ0n) is 16.9. The van der Waals surface area contributed by atoms with Crippen molar-refractivity contribution in [2.75, 3.05) is 24.3 Å². The smallest absolute Gasteiger partial charge is 0.225 e. The van der Waals surface area contributed by atoms with E-state index in [2.05, 4.69) is 11.4 Å². The minimum atomic E-state index is -0.0797. The number of benzene rings is 1. The highest BCUT2D eigenvalue weighted by atomic mass is 32.2. The topological polar surface area (TPSA) is 84.2 Å². The molecule has 1 aliphatic carbocycles. The summed E-state index contributed by atoms with van der Waals surface area (Å²) in [5.74, 6) is 1.83. The number of hydrogen-bond acceptors (Lipinski definition) is 6. The molecule has 1 aromatic carbocycles. The third-order valence-electron chi connectivity index (χ3n) is 5.28. The number of nitriles is 1. The number of carbonyl (C=O) groups excluding carboxylic acids is 1. The lowest BCUT2D eigenvalue weighted by Gasteiger charge is -2.19. The predicted octanol–water partition coefficient (Wildman–Crippen LogP) is 4.50. The van der Waals surface area contributed by atoms with Gasteiger partial charge in [0.05, 0.1) is 5.56 Å². The van der Waals surface area contributed by atoms with E-state index < -0.39 is 0 Å². The summed E-state index contributed by atoms with van der Waals surface area (Å²) in [5.41, 5.74) is 3.64. The standard InChI is InChI=1S/C23H25N3O3S/c24-15-17-13-16-5-3-1-2-4-6-19(16)26-23(17)30-12-9-22(27)25-18-7-8-20-21(14-18)29-11-10-28-20/h7-8,13-14H,1-6,9-12H2,(H,25,27). The zero-order chi connectivity index (χ0) is 20.8. The van der Waals surface area contributed by atoms with Crippen molar-refractivity contribution < 1.29 is 14.3 Å². The van der Waals surface area contributed by atoms with Gasteiger partial charge in [-0.2, -0.15) is 5.26 Å². The number of nitrogens with one attached hydrogen (secondary N) is 1. The second-order valence-electron chi connectivity index (χ2n) is 7.48. The van der Waals surface area contributed by atoms with Gasteiger partial charge in [0.25, 0.3) is 0 Å². The fourth-order valence-corrected chi connectivity index (χ4v) is 4.66. The maximum absolute atomic E-state index is 12.4. The van der Waals surface area contributed by atoms with E-state index in [4.69, 9.17) is 14.5 Å². The Morgan fingerprint density at radius 3 is 2.73 bits per heavy atom. The van der Waals surface area contributed by atoms with E-state index in [1.165, 1.54) is 30.2 Å². The molecular formula is C23H25N3O3S. The lowest BCUT2D eigenvalue weighted by molar-refractivity contribution is -0.115. The molecule has 7 heteroatoms. The molecule has 1 N–H and O–H groups in total. The van der Waals surface area contributed by atoms with Crippen molar-refractivity contribution in [3.63, 3.8) is 0 Å². The maximum atomic E-state index is 12.4. The van der Waals surface area contributed by atoms with Gasteiger partial charge < -0.3 is 14.8 Å². The molecule has 0 saturated carbocycles. The monoisotopic (exact) mass is 423 g/mol. The highest BCUT2D eigenvalue weighted by molar-refractivity contribution is 7.99. The first kappa shape index (κ1) is 20.5. The minimum Gasteiger partial charge on any atom is -0.486 e. The molecule has 0 fully saturated rings. The van der Waals surface area contributed by atoms with Gasteiger partial charge in [0.2, 0.25) is 5.91 Å². The molecule has 0 unspecified atom stereocenters. The van der Waals surface area contributed by atoms with Crippen molar-refractivity contribution in [1.29, 1.82) is 5.26 Å². The third kappa shape index (κ3) is 5.06. The molecule has 30 heavy (non-hydrogen) atoms. The van der Waals surface area contributed by atoms with Gasteiger partial charge in [-0.05, 0) is 49.4 Å². The average molecular weight is 424 g/mol. The highest BCUT2D eigenvalue weighted by Crippen LogP contribution is 2.33. The van der Waals surface area contributed by atoms with E-state index in [1.807, 2.05) is 12.1 Å². The van der Waals surface area contributed by atoms with E-state index in [0.717, 1.165) is 36.4 Å². The van der Waals surface area contributed by atoms with Crippen LogP contribution in [0.3, 0.4) is 0 Å². The second kappa shape index (κ2) is 9.86. The van der Waals surface area contributed by atoms with Crippen molar-refractivity contribution in [3.8, 4) is 17.6 Å². The van der Waals surface area contributed by atoms with E-state index in [9.17, 15) is 10.1 Å². The number of aromatic nitrogens is 1. The van der Waals surface area contributed by atoms with E-state index in [-0.39, 0.29) is 5.91 Å². The molecule has 4 rings (SSSR count). The average Bonchev–Trinajstić information content (AvgIpc) is 2.74. The first-order chi connectivity index (χ1) is 14.7. The number of hydrogen-bond donors (Lipinski definition) is 1. The maximum Gasteiger partial charge on any atom is 0.225 e. The number of anilines is 1. The van der Waals surface area contributed by atoms with Crippen LogP contribution in [-0.2, 0) is 17.6 Å². The lowest BCUT2D eigenvalue weighted by atomic mass is 9.96. The first-order valence-corrected chi connectivity index (χ1v) is 11.5. The Morgan fingerprint density at radius 2 is 1.90 bits per heavy atom. The van der Waals surface area contributed by atoms with Gasteiger partial charge in [-0.15, -0.1) is 11.8 Å². The van der Waals surface area contributed by atoms with Crippen LogP contribution < -0.4 is 14.8 Å². The Bertz CT molecular complexity index is 971. The molecule has 0 radical (unpaired) electrons. The summed E-state index contributed by atoms with van der Waals surface area (Å²) in [6.45, 7) is 1.05. The summed E-state index contributed by atoms with van der Waals surface area (Å²) in [6, 6.07) is 9.68. The Hall–Kier alpha value is -2.72. The van der Waals surface area contributed by atoms with Gasteiger partial charge in [-0.1, -0.05) is 12.8 Å². The van der Waals surface area contributed by atoms with Crippen LogP contribution >= 0.6 is 11.8 Å². The normalized spacial score (nSPS) is 15.3. The molecule has 0 atom stereocenters. The van der Waals surface area contributed by atoms with Crippen LogP contribution in [0, 0.1) is 11.3 Å². The highest BCUT2D eigenvalue weighted by Gasteiger charge is 2.15. The van der Waals surface area contributed by atoms with E-state index >= 15 is 0 Å². The van der Waals surface area contributed by atoms with Crippen molar-refractivity contribution in [2.45, 2.75) is 50.0 Å². The summed E-state index contributed by atoms with van der Waals surface area (Å²) in [5, 5.41) is 13.2. The molecule has 2 aliphatic rings. The molecule has 156 valence electrons. The van der Waals surface area contributed by atoms with Crippen LogP contribution in [0.25, 0.3) is 0 Å². The Morgan fingerprint density at radius 1 is 1.10 bits per heavy atom. The fraction of sp³-hybridized carbons (Fsp3) is 0.435. The molecule has 1 amide bonds. The molecule has 1 aromatic heterocycles. The Balaban J connectivity index is 1.35. The van der Waals surface area contributed by atoms with Gasteiger partial charge in [0.1, 0.15) is 24.3 Å². The number of thioether (sulfide) groups is 1. The molecule has 2 aromatic rings. The molecule has 0 bridgehead atoms. The summed E-state index contributed by atoms with van der Waals surface area (Å²) in [4.78, 5) is 17.2. The SMILES string of the molecule is N#Cc1cc2c(nc1SCCC(=O)Nc1ccc3c(c1)OCCO3)CCCCCC2.